The number of benzene rings is 2. The molecular weight excluding hydrogens is 590 g/mol. The molecule has 1 atom stereocenters. The van der Waals surface area contributed by atoms with Gasteiger partial charge in [0.2, 0.25) is 17.7 Å². The van der Waals surface area contributed by atoms with E-state index in [1.807, 2.05) is 0 Å². The lowest BCUT2D eigenvalue weighted by Crippen LogP contribution is -2.42. The number of aryl methyl sites for hydroxylation is 1. The van der Waals surface area contributed by atoms with E-state index in [9.17, 15) is 19.1 Å². The van der Waals surface area contributed by atoms with Gasteiger partial charge in [-0.25, -0.2) is 13.3 Å². The highest BCUT2D eigenvalue weighted by molar-refractivity contribution is 6.16. The van der Waals surface area contributed by atoms with E-state index >= 15 is 4.39 Å². The Kier molecular flexibility index (Phi) is 8.61. The molecule has 236 valence electrons. The zero-order valence-electron chi connectivity index (χ0n) is 24.5. The van der Waals surface area contributed by atoms with Crippen molar-refractivity contribution >= 4 is 28.7 Å². The summed E-state index contributed by atoms with van der Waals surface area (Å²) in [6.45, 7) is 5.09. The van der Waals surface area contributed by atoms with Crippen molar-refractivity contribution in [3.05, 3.63) is 72.2 Å². The molecule has 3 heterocycles. The molecule has 0 bridgehead atoms. The third-order valence-corrected chi connectivity index (χ3v) is 7.87. The Morgan fingerprint density at radius 2 is 1.73 bits per heavy atom. The van der Waals surface area contributed by atoms with Crippen LogP contribution >= 0.6 is 0 Å². The van der Waals surface area contributed by atoms with Crippen LogP contribution in [0.25, 0.3) is 5.52 Å². The molecule has 1 unspecified atom stereocenters. The van der Waals surface area contributed by atoms with Gasteiger partial charge in [0.05, 0.1) is 19.4 Å². The van der Waals surface area contributed by atoms with Gasteiger partial charge in [-0.1, -0.05) is 0 Å². The summed E-state index contributed by atoms with van der Waals surface area (Å²) >= 11 is 0. The number of amides is 2. The number of β-amino-alcohol motifs (C(OH)–C–C–N with tert-alkyl or cyclic N) is 1. The number of nitrogens with zero attached hydrogens (tertiary/aromatic N) is 4. The molecule has 2 aromatic heterocycles. The zero-order chi connectivity index (χ0) is 31.6. The van der Waals surface area contributed by atoms with Crippen LogP contribution in [0.5, 0.6) is 17.4 Å². The van der Waals surface area contributed by atoms with E-state index in [4.69, 9.17) is 14.2 Å². The number of morpholine rings is 1. The fourth-order valence-corrected chi connectivity index (χ4v) is 5.13. The third kappa shape index (κ3) is 6.72. The minimum Gasteiger partial charge on any atom is -0.489 e. The van der Waals surface area contributed by atoms with Gasteiger partial charge in [-0.2, -0.15) is 10.1 Å². The molecule has 3 N–H and O–H groups in total. The lowest BCUT2D eigenvalue weighted by atomic mass is 10.0. The fraction of sp³-hybridized carbons (Fsp3) is 0.355. The van der Waals surface area contributed by atoms with Crippen molar-refractivity contribution in [3.8, 4) is 17.4 Å². The van der Waals surface area contributed by atoms with E-state index in [0.717, 1.165) is 19.2 Å². The third-order valence-electron chi connectivity index (χ3n) is 7.87. The molecule has 12 nitrogen and oxygen atoms in total. The SMILES string of the molecule is Cc1c(OCC(O)CN2CCOCC2)cn2ncnc(Oc3ccc(NC(=O)C4(C(=O)Nc5ccc(F)cc5)CC4)cc3F)c12. The van der Waals surface area contributed by atoms with E-state index in [2.05, 4.69) is 25.6 Å². The maximum atomic E-state index is 15.2. The summed E-state index contributed by atoms with van der Waals surface area (Å²) < 4.78 is 46.9. The van der Waals surface area contributed by atoms with Gasteiger partial charge in [-0.3, -0.25) is 14.5 Å². The first kappa shape index (κ1) is 30.4. The number of hydrogen-bond donors (Lipinski definition) is 3. The predicted molar refractivity (Wildman–Crippen MR) is 158 cm³/mol. The van der Waals surface area contributed by atoms with E-state index in [-0.39, 0.29) is 23.9 Å². The first-order valence-electron chi connectivity index (χ1n) is 14.5. The summed E-state index contributed by atoms with van der Waals surface area (Å²) in [5, 5.41) is 19.9. The van der Waals surface area contributed by atoms with E-state index in [0.29, 0.717) is 55.1 Å². The maximum absolute atomic E-state index is 15.2. The van der Waals surface area contributed by atoms with Crippen LogP contribution in [0.15, 0.2) is 55.0 Å². The number of ether oxygens (including phenoxy) is 3. The summed E-state index contributed by atoms with van der Waals surface area (Å²) in [5.74, 6) is -1.89. The first-order chi connectivity index (χ1) is 21.7. The molecule has 2 fully saturated rings. The van der Waals surface area contributed by atoms with Gasteiger partial charge >= 0.3 is 0 Å². The molecule has 45 heavy (non-hydrogen) atoms. The molecule has 0 spiro atoms. The van der Waals surface area contributed by atoms with E-state index in [1.54, 1.807) is 13.1 Å². The molecule has 2 aliphatic rings. The number of halogens is 2. The Morgan fingerprint density at radius 1 is 1.04 bits per heavy atom. The Bertz CT molecular complexity index is 1700. The molecule has 4 aromatic rings. The summed E-state index contributed by atoms with van der Waals surface area (Å²) in [4.78, 5) is 32.1. The van der Waals surface area contributed by atoms with Gasteiger partial charge in [-0.15, -0.1) is 0 Å². The number of nitrogens with one attached hydrogen (secondary N) is 2. The highest BCUT2D eigenvalue weighted by Crippen LogP contribution is 2.47. The average molecular weight is 623 g/mol. The molecule has 6 rings (SSSR count). The second kappa shape index (κ2) is 12.8. The van der Waals surface area contributed by atoms with Gasteiger partial charge in [-0.05, 0) is 56.2 Å². The average Bonchev–Trinajstić information content (AvgIpc) is 3.78. The van der Waals surface area contributed by atoms with Gasteiger partial charge in [0.25, 0.3) is 0 Å². The quantitative estimate of drug-likeness (QED) is 0.214. The Labute approximate surface area is 256 Å². The van der Waals surface area contributed by atoms with Crippen LogP contribution in [0.1, 0.15) is 18.4 Å². The van der Waals surface area contributed by atoms with Gasteiger partial charge in [0.15, 0.2) is 11.6 Å². The largest absolute Gasteiger partial charge is 0.489 e. The van der Waals surface area contributed by atoms with Crippen molar-refractivity contribution in [2.45, 2.75) is 25.9 Å². The number of hydrogen-bond acceptors (Lipinski definition) is 9. The molecular formula is C31H32F2N6O6. The molecule has 14 heteroatoms. The summed E-state index contributed by atoms with van der Waals surface area (Å²) in [6.07, 6.45) is 2.84. The number of fused-ring (bicyclic) bond motifs is 1. The predicted octanol–water partition coefficient (Wildman–Crippen LogP) is 3.54. The van der Waals surface area contributed by atoms with Crippen molar-refractivity contribution in [1.29, 1.82) is 0 Å². The van der Waals surface area contributed by atoms with Crippen LogP contribution in [0.3, 0.4) is 0 Å². The van der Waals surface area contributed by atoms with Crippen LogP contribution < -0.4 is 20.1 Å². The first-order valence-corrected chi connectivity index (χ1v) is 14.5. The van der Waals surface area contributed by atoms with Crippen molar-refractivity contribution in [2.24, 2.45) is 5.41 Å². The molecule has 0 radical (unpaired) electrons. The van der Waals surface area contributed by atoms with Crippen molar-refractivity contribution in [2.75, 3.05) is 50.1 Å². The number of aliphatic hydroxyl groups is 1. The van der Waals surface area contributed by atoms with Crippen LogP contribution in [0, 0.1) is 24.0 Å². The Balaban J connectivity index is 1.10. The number of aliphatic hydroxyl groups excluding tert-OH is 1. The highest BCUT2D eigenvalue weighted by atomic mass is 19.1. The van der Waals surface area contributed by atoms with Crippen molar-refractivity contribution in [1.82, 2.24) is 19.5 Å². The lowest BCUT2D eigenvalue weighted by Gasteiger charge is -2.28. The normalized spacial score (nSPS) is 16.6. The summed E-state index contributed by atoms with van der Waals surface area (Å²) in [5.41, 5.74) is 0.308. The van der Waals surface area contributed by atoms with Crippen molar-refractivity contribution < 1.29 is 37.7 Å². The maximum Gasteiger partial charge on any atom is 0.247 e. The summed E-state index contributed by atoms with van der Waals surface area (Å²) in [7, 11) is 0. The van der Waals surface area contributed by atoms with Gasteiger partial charge in [0, 0.05) is 42.6 Å². The van der Waals surface area contributed by atoms with Crippen LogP contribution in [0.4, 0.5) is 20.2 Å². The van der Waals surface area contributed by atoms with Crippen molar-refractivity contribution in [3.63, 3.8) is 0 Å². The molecule has 2 amide bonds. The number of rotatable bonds is 11. The van der Waals surface area contributed by atoms with Crippen LogP contribution in [-0.2, 0) is 14.3 Å². The highest BCUT2D eigenvalue weighted by Gasteiger charge is 2.56. The van der Waals surface area contributed by atoms with Gasteiger partial charge < -0.3 is 30.0 Å². The molecule has 2 aromatic carbocycles. The zero-order valence-corrected chi connectivity index (χ0v) is 24.5. The number of aromatic nitrogens is 3. The number of carbonyl (C=O) groups is 2. The second-order valence-electron chi connectivity index (χ2n) is 11.1. The minimum atomic E-state index is -1.29. The fourth-order valence-electron chi connectivity index (χ4n) is 5.13. The van der Waals surface area contributed by atoms with Gasteiger partial charge in [0.1, 0.15) is 41.5 Å². The van der Waals surface area contributed by atoms with E-state index in [1.165, 1.54) is 47.2 Å². The monoisotopic (exact) mass is 622 g/mol. The Morgan fingerprint density at radius 3 is 2.42 bits per heavy atom. The molecule has 1 saturated carbocycles. The minimum absolute atomic E-state index is 0.0652. The molecule has 1 saturated heterocycles. The number of carbonyl (C=O) groups excluding carboxylic acids is 2. The molecule has 1 aliphatic heterocycles. The number of anilines is 2. The van der Waals surface area contributed by atoms with E-state index < -0.39 is 35.0 Å². The smallest absolute Gasteiger partial charge is 0.247 e. The van der Waals surface area contributed by atoms with Crippen LogP contribution in [-0.4, -0.2) is 82.0 Å². The lowest BCUT2D eigenvalue weighted by molar-refractivity contribution is -0.131. The Hall–Kier alpha value is -4.66. The second-order valence-corrected chi connectivity index (χ2v) is 11.1. The summed E-state index contributed by atoms with van der Waals surface area (Å²) in [6, 6.07) is 9.12. The van der Waals surface area contributed by atoms with Crippen LogP contribution in [0.2, 0.25) is 0 Å². The topological polar surface area (TPSA) is 140 Å². The standard InChI is InChI=1S/C31H32F2N6O6/c1-19-26(44-17-23(40)15-38-10-12-43-13-11-38)16-39-27(19)28(34-18-35-39)45-25-7-6-22(14-24(25)33)37-30(42)31(8-9-31)29(41)36-21-4-2-20(32)3-5-21/h2-7,14,16,18,23,40H,8-13,15,17H2,1H3,(H,36,41)(H,37,42). The molecule has 1 aliphatic carbocycles.